The van der Waals surface area contributed by atoms with E-state index < -0.39 is 28.6 Å². The van der Waals surface area contributed by atoms with Crippen molar-refractivity contribution in [3.8, 4) is 0 Å². The number of hydrogen-bond donors (Lipinski definition) is 1. The zero-order valence-corrected chi connectivity index (χ0v) is 13.5. The first-order valence-electron chi connectivity index (χ1n) is 7.15. The van der Waals surface area contributed by atoms with Crippen LogP contribution in [-0.4, -0.2) is 29.6 Å². The largest absolute Gasteiger partial charge is 0.466 e. The summed E-state index contributed by atoms with van der Waals surface area (Å²) >= 11 is 0. The van der Waals surface area contributed by atoms with E-state index in [9.17, 15) is 19.7 Å². The Hall–Kier alpha value is -3.03. The lowest BCUT2D eigenvalue weighted by Crippen LogP contribution is -2.38. The summed E-state index contributed by atoms with van der Waals surface area (Å²) in [6.07, 6.45) is 0. The molecule has 1 aromatic rings. The number of amides is 1. The normalized spacial score (nSPS) is 20.4. The van der Waals surface area contributed by atoms with Crippen LogP contribution in [0, 0.1) is 16.0 Å². The maximum Gasteiger partial charge on any atom is 0.336 e. The van der Waals surface area contributed by atoms with Crippen LogP contribution >= 0.6 is 0 Å². The van der Waals surface area contributed by atoms with Gasteiger partial charge in [-0.3, -0.25) is 19.9 Å². The highest BCUT2D eigenvalue weighted by Crippen LogP contribution is 2.40. The van der Waals surface area contributed by atoms with Crippen molar-refractivity contribution in [3.05, 3.63) is 51.2 Å². The number of rotatable bonds is 4. The van der Waals surface area contributed by atoms with Gasteiger partial charge in [0, 0.05) is 29.5 Å². The number of primary amides is 1. The molecule has 0 radical (unpaired) electrons. The average Bonchev–Trinajstić information content (AvgIpc) is 2.53. The molecule has 8 heteroatoms. The number of nitrogens with two attached hydrogens (primary N) is 1. The van der Waals surface area contributed by atoms with Crippen molar-refractivity contribution in [1.29, 1.82) is 0 Å². The Labute approximate surface area is 138 Å². The van der Waals surface area contributed by atoms with Crippen molar-refractivity contribution < 1.29 is 19.2 Å². The van der Waals surface area contributed by atoms with E-state index in [0.29, 0.717) is 17.0 Å². The first-order chi connectivity index (χ1) is 11.3. The van der Waals surface area contributed by atoms with Gasteiger partial charge in [0.1, 0.15) is 0 Å². The summed E-state index contributed by atoms with van der Waals surface area (Å²) in [5.74, 6) is -2.98. The van der Waals surface area contributed by atoms with Crippen molar-refractivity contribution in [2.24, 2.45) is 16.6 Å². The Morgan fingerprint density at radius 3 is 2.54 bits per heavy atom. The van der Waals surface area contributed by atoms with Crippen LogP contribution in [0.1, 0.15) is 25.3 Å². The second-order valence-electron chi connectivity index (χ2n) is 5.45. The molecule has 1 aromatic carbocycles. The second-order valence-corrected chi connectivity index (χ2v) is 5.45. The van der Waals surface area contributed by atoms with Crippen molar-refractivity contribution in [2.75, 3.05) is 7.11 Å². The van der Waals surface area contributed by atoms with Gasteiger partial charge in [-0.15, -0.1) is 0 Å². The minimum Gasteiger partial charge on any atom is -0.466 e. The quantitative estimate of drug-likeness (QED) is 0.510. The van der Waals surface area contributed by atoms with E-state index in [-0.39, 0.29) is 11.3 Å². The predicted molar refractivity (Wildman–Crippen MR) is 86.3 cm³/mol. The molecule has 0 saturated carbocycles. The van der Waals surface area contributed by atoms with Crippen molar-refractivity contribution in [1.82, 2.24) is 0 Å². The summed E-state index contributed by atoms with van der Waals surface area (Å²) in [6.45, 7) is 3.26. The summed E-state index contributed by atoms with van der Waals surface area (Å²) < 4.78 is 4.80. The number of ether oxygens (including phenoxy) is 1. The van der Waals surface area contributed by atoms with E-state index in [0.717, 1.165) is 0 Å². The maximum atomic E-state index is 12.2. The van der Waals surface area contributed by atoms with Gasteiger partial charge in [-0.2, -0.15) is 0 Å². The van der Waals surface area contributed by atoms with Gasteiger partial charge in [-0.05, 0) is 19.4 Å². The summed E-state index contributed by atoms with van der Waals surface area (Å²) in [6, 6.07) is 5.77. The number of hydrogen-bond acceptors (Lipinski definition) is 6. The number of nitro groups is 1. The predicted octanol–water partition coefficient (Wildman–Crippen LogP) is 1.70. The number of methoxy groups -OCH3 is 1. The SMILES string of the molecule is COC(=O)C1=C(C)N=C(C)C(C(N)=O)C1c1cccc([N+](=O)[O-])c1. The van der Waals surface area contributed by atoms with Crippen LogP contribution in [0.2, 0.25) is 0 Å². The molecular weight excluding hydrogens is 314 g/mol. The molecule has 2 unspecified atom stereocenters. The van der Waals surface area contributed by atoms with Crippen LogP contribution in [-0.2, 0) is 14.3 Å². The van der Waals surface area contributed by atoms with E-state index >= 15 is 0 Å². The molecule has 0 aromatic heterocycles. The molecule has 1 heterocycles. The van der Waals surface area contributed by atoms with Crippen LogP contribution < -0.4 is 5.73 Å². The molecule has 8 nitrogen and oxygen atoms in total. The molecule has 126 valence electrons. The molecule has 24 heavy (non-hydrogen) atoms. The highest BCUT2D eigenvalue weighted by molar-refractivity contribution is 6.08. The van der Waals surface area contributed by atoms with Gasteiger partial charge in [0.2, 0.25) is 5.91 Å². The first kappa shape index (κ1) is 17.3. The lowest BCUT2D eigenvalue weighted by Gasteiger charge is -2.30. The molecule has 0 saturated heterocycles. The number of nitrogens with zero attached hydrogens (tertiary/aromatic N) is 2. The number of carbonyl (C=O) groups excluding carboxylic acids is 2. The van der Waals surface area contributed by atoms with Crippen molar-refractivity contribution in [3.63, 3.8) is 0 Å². The lowest BCUT2D eigenvalue weighted by molar-refractivity contribution is -0.384. The Morgan fingerprint density at radius 1 is 1.33 bits per heavy atom. The van der Waals surface area contributed by atoms with Crippen LogP contribution in [0.25, 0.3) is 0 Å². The number of aliphatic imine (C=N–C) groups is 1. The van der Waals surface area contributed by atoms with Gasteiger partial charge in [0.25, 0.3) is 5.69 Å². The molecule has 0 aliphatic carbocycles. The Bertz CT molecular complexity index is 782. The summed E-state index contributed by atoms with van der Waals surface area (Å²) in [5, 5.41) is 11.0. The van der Waals surface area contributed by atoms with E-state index in [1.807, 2.05) is 0 Å². The highest BCUT2D eigenvalue weighted by Gasteiger charge is 2.40. The molecular formula is C16H17N3O5. The van der Waals surface area contributed by atoms with Gasteiger partial charge in [-0.25, -0.2) is 4.79 Å². The molecule has 0 fully saturated rings. The molecule has 2 N–H and O–H groups in total. The van der Waals surface area contributed by atoms with Gasteiger partial charge < -0.3 is 10.5 Å². The number of benzene rings is 1. The minimum atomic E-state index is -0.884. The topological polar surface area (TPSA) is 125 Å². The van der Waals surface area contributed by atoms with Crippen molar-refractivity contribution in [2.45, 2.75) is 19.8 Å². The molecule has 1 aliphatic rings. The third kappa shape index (κ3) is 3.03. The number of nitro benzene ring substituents is 1. The van der Waals surface area contributed by atoms with Gasteiger partial charge in [0.15, 0.2) is 0 Å². The summed E-state index contributed by atoms with van der Waals surface area (Å²) in [4.78, 5) is 38.9. The van der Waals surface area contributed by atoms with Gasteiger partial charge >= 0.3 is 5.97 Å². The summed E-state index contributed by atoms with van der Waals surface area (Å²) in [7, 11) is 1.22. The summed E-state index contributed by atoms with van der Waals surface area (Å²) in [5.41, 5.74) is 6.81. The zero-order chi connectivity index (χ0) is 18.0. The fourth-order valence-electron chi connectivity index (χ4n) is 2.97. The molecule has 2 rings (SSSR count). The average molecular weight is 331 g/mol. The van der Waals surface area contributed by atoms with Crippen LogP contribution in [0.15, 0.2) is 40.5 Å². The number of allylic oxidation sites excluding steroid dienone is 1. The van der Waals surface area contributed by atoms with Crippen LogP contribution in [0.5, 0.6) is 0 Å². The molecule has 0 spiro atoms. The Morgan fingerprint density at radius 2 is 2.00 bits per heavy atom. The van der Waals surface area contributed by atoms with Gasteiger partial charge in [-0.1, -0.05) is 12.1 Å². The Balaban J connectivity index is 2.70. The molecule has 0 bridgehead atoms. The highest BCUT2D eigenvalue weighted by atomic mass is 16.6. The van der Waals surface area contributed by atoms with Crippen LogP contribution in [0.3, 0.4) is 0 Å². The van der Waals surface area contributed by atoms with Crippen molar-refractivity contribution >= 4 is 23.3 Å². The Kier molecular flexibility index (Phi) is 4.77. The minimum absolute atomic E-state index is 0.141. The number of esters is 1. The molecule has 1 amide bonds. The number of non-ortho nitro benzene ring substituents is 1. The molecule has 1 aliphatic heterocycles. The lowest BCUT2D eigenvalue weighted by atomic mass is 9.75. The van der Waals surface area contributed by atoms with Crippen LogP contribution in [0.4, 0.5) is 5.69 Å². The maximum absolute atomic E-state index is 12.2. The standard InChI is InChI=1S/C16H17N3O5/c1-8-12(15(17)20)14(13(9(2)18-8)16(21)24-3)10-5-4-6-11(7-10)19(22)23/h4-7,12,14H,1-3H3,(H2,17,20). The fraction of sp³-hybridized carbons (Fsp3) is 0.312. The van der Waals surface area contributed by atoms with E-state index in [1.165, 1.54) is 25.3 Å². The van der Waals surface area contributed by atoms with Gasteiger partial charge in [0.05, 0.1) is 23.5 Å². The van der Waals surface area contributed by atoms with E-state index in [2.05, 4.69) is 4.99 Å². The zero-order valence-electron chi connectivity index (χ0n) is 13.5. The third-order valence-electron chi connectivity index (χ3n) is 3.98. The fourth-order valence-corrected chi connectivity index (χ4v) is 2.97. The smallest absolute Gasteiger partial charge is 0.336 e. The molecule has 2 atom stereocenters. The third-order valence-corrected chi connectivity index (χ3v) is 3.98. The number of carbonyl (C=O) groups is 2. The second kappa shape index (κ2) is 6.61. The first-order valence-corrected chi connectivity index (χ1v) is 7.15. The van der Waals surface area contributed by atoms with E-state index in [1.54, 1.807) is 19.9 Å². The monoisotopic (exact) mass is 331 g/mol. The van der Waals surface area contributed by atoms with E-state index in [4.69, 9.17) is 10.5 Å².